The summed E-state index contributed by atoms with van der Waals surface area (Å²) >= 11 is 0. The van der Waals surface area contributed by atoms with E-state index >= 15 is 0 Å². The Balaban J connectivity index is 2.17. The van der Waals surface area contributed by atoms with Crippen molar-refractivity contribution in [2.75, 3.05) is 11.4 Å². The third-order valence-electron chi connectivity index (χ3n) is 3.27. The molecule has 1 aromatic heterocycles. The third-order valence-corrected chi connectivity index (χ3v) is 3.27. The standard InChI is InChI=1S/C14H10N2/c1-3-10-8-15-9-11-7-12-4-2-6-16(12)13(5-1)14(10)11/h1-5,7-9H,6H2. The molecule has 3 heterocycles. The molecule has 16 heavy (non-hydrogen) atoms. The summed E-state index contributed by atoms with van der Waals surface area (Å²) in [6, 6.07) is 6.41. The molecular formula is C14H10N2. The van der Waals surface area contributed by atoms with Crippen LogP contribution in [0.1, 0.15) is 5.56 Å². The number of hydrogen-bond acceptors (Lipinski definition) is 2. The molecule has 0 aliphatic carbocycles. The molecule has 0 unspecified atom stereocenters. The topological polar surface area (TPSA) is 16.1 Å². The largest absolute Gasteiger partial charge is 0.337 e. The number of pyridine rings is 1. The Morgan fingerprint density at radius 3 is 3.19 bits per heavy atom. The molecule has 0 amide bonds. The van der Waals surface area contributed by atoms with Gasteiger partial charge in [0.25, 0.3) is 0 Å². The summed E-state index contributed by atoms with van der Waals surface area (Å²) in [5, 5.41) is 2.54. The van der Waals surface area contributed by atoms with Gasteiger partial charge in [-0.3, -0.25) is 4.98 Å². The third kappa shape index (κ3) is 0.890. The van der Waals surface area contributed by atoms with E-state index in [2.05, 4.69) is 46.3 Å². The Morgan fingerprint density at radius 2 is 2.19 bits per heavy atom. The van der Waals surface area contributed by atoms with E-state index in [0.717, 1.165) is 6.54 Å². The van der Waals surface area contributed by atoms with Gasteiger partial charge in [0.1, 0.15) is 0 Å². The fourth-order valence-electron chi connectivity index (χ4n) is 2.57. The highest BCUT2D eigenvalue weighted by Gasteiger charge is 2.21. The first-order valence-electron chi connectivity index (χ1n) is 5.46. The summed E-state index contributed by atoms with van der Waals surface area (Å²) in [4.78, 5) is 6.63. The normalized spacial score (nSPS) is 16.5. The van der Waals surface area contributed by atoms with Crippen LogP contribution in [-0.2, 0) is 0 Å². The molecule has 0 fully saturated rings. The first-order chi connectivity index (χ1) is 7.93. The number of fused-ring (bicyclic) bond motifs is 2. The predicted octanol–water partition coefficient (Wildman–Crippen LogP) is 2.97. The number of rotatable bonds is 0. The smallest absolute Gasteiger partial charge is 0.0500 e. The summed E-state index contributed by atoms with van der Waals surface area (Å²) in [5.74, 6) is 0. The van der Waals surface area contributed by atoms with Crippen LogP contribution in [0.5, 0.6) is 0 Å². The second kappa shape index (κ2) is 2.73. The number of hydrogen-bond donors (Lipinski definition) is 0. The lowest BCUT2D eigenvalue weighted by molar-refractivity contribution is 1.10. The van der Waals surface area contributed by atoms with Crippen LogP contribution < -0.4 is 4.90 Å². The fourth-order valence-corrected chi connectivity index (χ4v) is 2.57. The van der Waals surface area contributed by atoms with E-state index in [4.69, 9.17) is 0 Å². The van der Waals surface area contributed by atoms with Crippen molar-refractivity contribution < 1.29 is 0 Å². The maximum Gasteiger partial charge on any atom is 0.0500 e. The van der Waals surface area contributed by atoms with E-state index < -0.39 is 0 Å². The molecule has 0 atom stereocenters. The van der Waals surface area contributed by atoms with Crippen LogP contribution >= 0.6 is 0 Å². The van der Waals surface area contributed by atoms with Crippen LogP contribution in [0.3, 0.4) is 0 Å². The van der Waals surface area contributed by atoms with Crippen molar-refractivity contribution in [3.63, 3.8) is 0 Å². The second-order valence-electron chi connectivity index (χ2n) is 4.19. The average molecular weight is 206 g/mol. The summed E-state index contributed by atoms with van der Waals surface area (Å²) < 4.78 is 0. The quantitative estimate of drug-likeness (QED) is 0.658. The highest BCUT2D eigenvalue weighted by atomic mass is 15.2. The monoisotopic (exact) mass is 206 g/mol. The van der Waals surface area contributed by atoms with Crippen molar-refractivity contribution in [3.05, 3.63) is 54.0 Å². The minimum absolute atomic E-state index is 0.979. The molecule has 2 aromatic rings. The molecule has 0 bridgehead atoms. The lowest BCUT2D eigenvalue weighted by atomic mass is 10.0. The van der Waals surface area contributed by atoms with Crippen molar-refractivity contribution in [2.24, 2.45) is 0 Å². The van der Waals surface area contributed by atoms with Gasteiger partial charge in [-0.2, -0.15) is 0 Å². The maximum absolute atomic E-state index is 4.29. The van der Waals surface area contributed by atoms with E-state index in [-0.39, 0.29) is 0 Å². The number of nitrogens with zero attached hydrogens (tertiary/aromatic N) is 2. The minimum Gasteiger partial charge on any atom is -0.337 e. The molecule has 2 aliphatic rings. The molecule has 2 heteroatoms. The zero-order valence-corrected chi connectivity index (χ0v) is 8.72. The summed E-state index contributed by atoms with van der Waals surface area (Å²) in [6.45, 7) is 0.979. The van der Waals surface area contributed by atoms with Gasteiger partial charge in [-0.1, -0.05) is 18.2 Å². The summed E-state index contributed by atoms with van der Waals surface area (Å²) in [5.41, 5.74) is 3.80. The maximum atomic E-state index is 4.29. The van der Waals surface area contributed by atoms with Crippen molar-refractivity contribution >= 4 is 22.5 Å². The van der Waals surface area contributed by atoms with Crippen LogP contribution in [0.25, 0.3) is 16.8 Å². The SMILES string of the molecule is C1=CC2=Cc3cncc4cccc(c34)N2C1. The Labute approximate surface area is 93.5 Å². The Hall–Kier alpha value is -2.09. The molecular weight excluding hydrogens is 196 g/mol. The van der Waals surface area contributed by atoms with Gasteiger partial charge in [0.05, 0.1) is 5.69 Å². The number of benzene rings is 1. The molecule has 2 aliphatic heterocycles. The minimum atomic E-state index is 0.979. The fraction of sp³-hybridized carbons (Fsp3) is 0.0714. The zero-order chi connectivity index (χ0) is 10.5. The van der Waals surface area contributed by atoms with E-state index in [9.17, 15) is 0 Å². The molecule has 4 rings (SSSR count). The molecule has 0 spiro atoms. The van der Waals surface area contributed by atoms with Gasteiger partial charge in [0, 0.05) is 41.0 Å². The Kier molecular flexibility index (Phi) is 1.38. The van der Waals surface area contributed by atoms with Crippen molar-refractivity contribution in [1.29, 1.82) is 0 Å². The van der Waals surface area contributed by atoms with E-state index in [0.29, 0.717) is 0 Å². The first-order valence-corrected chi connectivity index (χ1v) is 5.46. The number of anilines is 1. The number of allylic oxidation sites excluding steroid dienone is 1. The summed E-state index contributed by atoms with van der Waals surface area (Å²) in [7, 11) is 0. The molecule has 2 nitrogen and oxygen atoms in total. The number of aromatic nitrogens is 1. The Morgan fingerprint density at radius 1 is 1.19 bits per heavy atom. The van der Waals surface area contributed by atoms with Gasteiger partial charge in [-0.25, -0.2) is 0 Å². The van der Waals surface area contributed by atoms with E-state index in [1.165, 1.54) is 27.7 Å². The van der Waals surface area contributed by atoms with E-state index in [1.807, 2.05) is 12.4 Å². The van der Waals surface area contributed by atoms with Gasteiger partial charge >= 0.3 is 0 Å². The highest BCUT2D eigenvalue weighted by Crippen LogP contribution is 2.38. The molecule has 1 aromatic carbocycles. The molecule has 76 valence electrons. The van der Waals surface area contributed by atoms with Crippen LogP contribution in [0.4, 0.5) is 5.69 Å². The highest BCUT2D eigenvalue weighted by molar-refractivity contribution is 6.03. The van der Waals surface area contributed by atoms with Crippen LogP contribution in [-0.4, -0.2) is 11.5 Å². The first kappa shape index (κ1) is 8.11. The van der Waals surface area contributed by atoms with Crippen LogP contribution in [0, 0.1) is 0 Å². The van der Waals surface area contributed by atoms with Crippen LogP contribution in [0.2, 0.25) is 0 Å². The lowest BCUT2D eigenvalue weighted by Crippen LogP contribution is -2.19. The molecule has 0 saturated carbocycles. The van der Waals surface area contributed by atoms with Gasteiger partial charge in [-0.15, -0.1) is 0 Å². The predicted molar refractivity (Wildman–Crippen MR) is 66.2 cm³/mol. The summed E-state index contributed by atoms with van der Waals surface area (Å²) in [6.07, 6.45) is 10.5. The van der Waals surface area contributed by atoms with Gasteiger partial charge in [-0.05, 0) is 18.2 Å². The van der Waals surface area contributed by atoms with E-state index in [1.54, 1.807) is 0 Å². The van der Waals surface area contributed by atoms with Crippen LogP contribution in [0.15, 0.2) is 48.4 Å². The van der Waals surface area contributed by atoms with Crippen molar-refractivity contribution in [2.45, 2.75) is 0 Å². The lowest BCUT2D eigenvalue weighted by Gasteiger charge is -2.26. The average Bonchev–Trinajstić information content (AvgIpc) is 2.78. The zero-order valence-electron chi connectivity index (χ0n) is 8.72. The van der Waals surface area contributed by atoms with Crippen molar-refractivity contribution in [1.82, 2.24) is 4.98 Å². The second-order valence-corrected chi connectivity index (χ2v) is 4.19. The van der Waals surface area contributed by atoms with Gasteiger partial charge < -0.3 is 4.90 Å². The molecule has 0 radical (unpaired) electrons. The van der Waals surface area contributed by atoms with Gasteiger partial charge in [0.2, 0.25) is 0 Å². The van der Waals surface area contributed by atoms with Gasteiger partial charge in [0.15, 0.2) is 0 Å². The Bertz CT molecular complexity index is 648. The molecule has 0 N–H and O–H groups in total. The van der Waals surface area contributed by atoms with Crippen molar-refractivity contribution in [3.8, 4) is 0 Å². The molecule has 0 saturated heterocycles.